The zero-order valence-electron chi connectivity index (χ0n) is 11.2. The molecule has 0 aliphatic carbocycles. The maximum Gasteiger partial charge on any atom is 0.414 e. The number of furan rings is 1. The molecule has 1 amide bonds. The summed E-state index contributed by atoms with van der Waals surface area (Å²) in [6, 6.07) is 12.8. The Hall–Kier alpha value is -2.94. The van der Waals surface area contributed by atoms with Gasteiger partial charge in [-0.25, -0.2) is 4.79 Å². The number of benzene rings is 1. The van der Waals surface area contributed by atoms with Crippen LogP contribution < -0.4 is 10.2 Å². The van der Waals surface area contributed by atoms with Crippen LogP contribution in [0, 0.1) is 11.3 Å². The number of hydrogen-bond acceptors (Lipinski definition) is 5. The Kier molecular flexibility index (Phi) is 3.48. The highest BCUT2D eigenvalue weighted by Crippen LogP contribution is 2.22. The van der Waals surface area contributed by atoms with Crippen molar-refractivity contribution in [3.8, 4) is 6.07 Å². The number of cyclic esters (lactones) is 1. The lowest BCUT2D eigenvalue weighted by Crippen LogP contribution is -2.23. The normalized spacial score (nSPS) is 13.9. The molecular weight excluding hydrogens is 270 g/mol. The van der Waals surface area contributed by atoms with E-state index in [1.807, 2.05) is 30.3 Å². The third-order valence-electron chi connectivity index (χ3n) is 3.16. The zero-order valence-corrected chi connectivity index (χ0v) is 11.2. The van der Waals surface area contributed by atoms with Gasteiger partial charge in [-0.15, -0.1) is 0 Å². The van der Waals surface area contributed by atoms with E-state index in [4.69, 9.17) is 14.4 Å². The molecular formula is C15H13N3O3. The predicted molar refractivity (Wildman–Crippen MR) is 75.9 cm³/mol. The molecule has 3 rings (SSSR count). The number of rotatable bonds is 4. The lowest BCUT2D eigenvalue weighted by molar-refractivity contribution is 0.181. The smallest absolute Gasteiger partial charge is 0.414 e. The summed E-state index contributed by atoms with van der Waals surface area (Å²) in [6.07, 6.45) is -0.322. The van der Waals surface area contributed by atoms with Crippen LogP contribution in [0.15, 0.2) is 40.8 Å². The van der Waals surface area contributed by atoms with Gasteiger partial charge < -0.3 is 14.5 Å². The van der Waals surface area contributed by atoms with Gasteiger partial charge in [0.1, 0.15) is 18.4 Å². The molecule has 0 unspecified atom stereocenters. The zero-order chi connectivity index (χ0) is 14.7. The van der Waals surface area contributed by atoms with Crippen LogP contribution in [0.3, 0.4) is 0 Å². The van der Waals surface area contributed by atoms with Crippen LogP contribution in [0.4, 0.5) is 16.2 Å². The summed E-state index contributed by atoms with van der Waals surface area (Å²) in [5.74, 6) is 0.970. The predicted octanol–water partition coefficient (Wildman–Crippen LogP) is 2.72. The molecule has 2 heterocycles. The summed E-state index contributed by atoms with van der Waals surface area (Å²) >= 11 is 0. The third-order valence-corrected chi connectivity index (χ3v) is 3.16. The minimum Gasteiger partial charge on any atom is -0.449 e. The lowest BCUT2D eigenvalue weighted by Gasteiger charge is -2.14. The summed E-state index contributed by atoms with van der Waals surface area (Å²) in [4.78, 5) is 13.1. The molecule has 2 aromatic rings. The number of ether oxygens (including phenoxy) is 1. The van der Waals surface area contributed by atoms with Gasteiger partial charge in [-0.3, -0.25) is 4.90 Å². The van der Waals surface area contributed by atoms with Crippen molar-refractivity contribution in [3.05, 3.63) is 47.9 Å². The number of nitriles is 1. The van der Waals surface area contributed by atoms with E-state index in [9.17, 15) is 4.79 Å². The Morgan fingerprint density at radius 3 is 2.95 bits per heavy atom. The summed E-state index contributed by atoms with van der Waals surface area (Å²) in [7, 11) is 0. The molecule has 1 aromatic carbocycles. The van der Waals surface area contributed by atoms with Gasteiger partial charge >= 0.3 is 6.09 Å². The van der Waals surface area contributed by atoms with Crippen molar-refractivity contribution < 1.29 is 13.9 Å². The number of nitrogens with one attached hydrogen (secondary N) is 1. The van der Waals surface area contributed by atoms with Gasteiger partial charge in [0.2, 0.25) is 5.76 Å². The first kappa shape index (κ1) is 13.1. The fourth-order valence-corrected chi connectivity index (χ4v) is 2.13. The SMILES string of the molecule is N#Cc1ccc(CNc2cccc(N3CCOC3=O)c2)o1. The van der Waals surface area contributed by atoms with Crippen LogP contribution in [0.1, 0.15) is 11.5 Å². The second-order valence-electron chi connectivity index (χ2n) is 4.55. The van der Waals surface area contributed by atoms with Crippen LogP contribution in [0.5, 0.6) is 0 Å². The molecule has 1 fully saturated rings. The molecule has 1 aromatic heterocycles. The summed E-state index contributed by atoms with van der Waals surface area (Å²) in [5.41, 5.74) is 1.65. The lowest BCUT2D eigenvalue weighted by atomic mass is 10.2. The number of amides is 1. The van der Waals surface area contributed by atoms with Crippen molar-refractivity contribution in [1.29, 1.82) is 5.26 Å². The quantitative estimate of drug-likeness (QED) is 0.933. The molecule has 0 spiro atoms. The van der Waals surface area contributed by atoms with Crippen molar-refractivity contribution in [2.45, 2.75) is 6.54 Å². The molecule has 6 heteroatoms. The standard InChI is InChI=1S/C15H13N3O3/c16-9-13-4-5-14(21-13)10-17-11-2-1-3-12(8-11)18-6-7-20-15(18)19/h1-5,8,17H,6-7,10H2. The Balaban J connectivity index is 1.68. The Morgan fingerprint density at radius 1 is 1.33 bits per heavy atom. The van der Waals surface area contributed by atoms with Crippen LogP contribution in [-0.4, -0.2) is 19.2 Å². The van der Waals surface area contributed by atoms with Crippen LogP contribution in [0.2, 0.25) is 0 Å². The van der Waals surface area contributed by atoms with Crippen molar-refractivity contribution in [3.63, 3.8) is 0 Å². The molecule has 0 radical (unpaired) electrons. The van der Waals surface area contributed by atoms with E-state index >= 15 is 0 Å². The van der Waals surface area contributed by atoms with Gasteiger partial charge in [0, 0.05) is 11.4 Å². The highest BCUT2D eigenvalue weighted by Gasteiger charge is 2.23. The van der Waals surface area contributed by atoms with E-state index in [2.05, 4.69) is 5.32 Å². The van der Waals surface area contributed by atoms with Crippen LogP contribution >= 0.6 is 0 Å². The molecule has 1 aliphatic heterocycles. The minimum absolute atomic E-state index is 0.292. The first-order valence-electron chi connectivity index (χ1n) is 6.53. The maximum absolute atomic E-state index is 11.5. The minimum atomic E-state index is -0.322. The fraction of sp³-hybridized carbons (Fsp3) is 0.200. The first-order chi connectivity index (χ1) is 10.3. The molecule has 1 aliphatic rings. The van der Waals surface area contributed by atoms with E-state index in [0.717, 1.165) is 11.4 Å². The number of nitrogens with zero attached hydrogens (tertiary/aromatic N) is 2. The second kappa shape index (κ2) is 5.59. The van der Waals surface area contributed by atoms with E-state index < -0.39 is 0 Å². The Bertz CT molecular complexity index is 702. The van der Waals surface area contributed by atoms with Crippen molar-refractivity contribution in [1.82, 2.24) is 0 Å². The molecule has 0 bridgehead atoms. The topological polar surface area (TPSA) is 78.5 Å². The largest absolute Gasteiger partial charge is 0.449 e. The summed E-state index contributed by atoms with van der Waals surface area (Å²) in [5, 5.41) is 11.9. The fourth-order valence-electron chi connectivity index (χ4n) is 2.13. The maximum atomic E-state index is 11.5. The highest BCUT2D eigenvalue weighted by atomic mass is 16.6. The second-order valence-corrected chi connectivity index (χ2v) is 4.55. The van der Waals surface area contributed by atoms with Gasteiger partial charge in [0.15, 0.2) is 0 Å². The Morgan fingerprint density at radius 2 is 2.24 bits per heavy atom. The van der Waals surface area contributed by atoms with Gasteiger partial charge in [-0.1, -0.05) is 6.07 Å². The molecule has 21 heavy (non-hydrogen) atoms. The van der Waals surface area contributed by atoms with Gasteiger partial charge in [-0.2, -0.15) is 5.26 Å². The number of hydrogen-bond donors (Lipinski definition) is 1. The molecule has 0 saturated carbocycles. The van der Waals surface area contributed by atoms with Gasteiger partial charge in [0.25, 0.3) is 0 Å². The molecule has 1 N–H and O–H groups in total. The number of carbonyl (C=O) groups excluding carboxylic acids is 1. The summed E-state index contributed by atoms with van der Waals surface area (Å²) < 4.78 is 10.2. The van der Waals surface area contributed by atoms with Gasteiger partial charge in [-0.05, 0) is 30.3 Å². The average molecular weight is 283 g/mol. The van der Waals surface area contributed by atoms with Crippen molar-refractivity contribution in [2.75, 3.05) is 23.4 Å². The Labute approximate surface area is 121 Å². The molecule has 6 nitrogen and oxygen atoms in total. The van der Waals surface area contributed by atoms with Crippen LogP contribution in [-0.2, 0) is 11.3 Å². The number of carbonyl (C=O) groups is 1. The van der Waals surface area contributed by atoms with E-state index in [0.29, 0.717) is 31.2 Å². The van der Waals surface area contributed by atoms with Crippen molar-refractivity contribution in [2.24, 2.45) is 0 Å². The van der Waals surface area contributed by atoms with E-state index in [1.54, 1.807) is 17.0 Å². The van der Waals surface area contributed by atoms with Crippen LogP contribution in [0.25, 0.3) is 0 Å². The molecule has 106 valence electrons. The molecule has 1 saturated heterocycles. The number of anilines is 2. The molecule has 0 atom stereocenters. The monoisotopic (exact) mass is 283 g/mol. The summed E-state index contributed by atoms with van der Waals surface area (Å²) in [6.45, 7) is 1.45. The first-order valence-corrected chi connectivity index (χ1v) is 6.53. The van der Waals surface area contributed by atoms with Crippen molar-refractivity contribution >= 4 is 17.5 Å². The van der Waals surface area contributed by atoms with E-state index in [-0.39, 0.29) is 6.09 Å². The highest BCUT2D eigenvalue weighted by molar-refractivity contribution is 5.89. The average Bonchev–Trinajstić information content (AvgIpc) is 3.14. The third kappa shape index (κ3) is 2.82. The van der Waals surface area contributed by atoms with E-state index in [1.165, 1.54) is 0 Å². The van der Waals surface area contributed by atoms with Gasteiger partial charge in [0.05, 0.1) is 13.1 Å².